The number of hydrogen-bond acceptors (Lipinski definition) is 4. The van der Waals surface area contributed by atoms with Crippen molar-refractivity contribution in [1.29, 1.82) is 0 Å². The summed E-state index contributed by atoms with van der Waals surface area (Å²) in [6, 6.07) is 14.6. The third-order valence-electron chi connectivity index (χ3n) is 4.42. The van der Waals surface area contributed by atoms with Gasteiger partial charge in [0.15, 0.2) is 0 Å². The average Bonchev–Trinajstić information content (AvgIpc) is 3.09. The van der Waals surface area contributed by atoms with Gasteiger partial charge in [-0.2, -0.15) is 0 Å². The van der Waals surface area contributed by atoms with Gasteiger partial charge in [0.1, 0.15) is 11.6 Å². The van der Waals surface area contributed by atoms with Crippen LogP contribution in [0.3, 0.4) is 0 Å². The Morgan fingerprint density at radius 3 is 2.59 bits per heavy atom. The molecule has 1 N–H and O–H groups in total. The summed E-state index contributed by atoms with van der Waals surface area (Å²) in [5.41, 5.74) is 2.58. The highest BCUT2D eigenvalue weighted by Gasteiger charge is 2.17. The van der Waals surface area contributed by atoms with Gasteiger partial charge in [-0.05, 0) is 42.5 Å². The molecule has 29 heavy (non-hydrogen) atoms. The number of para-hydroxylation sites is 2. The van der Waals surface area contributed by atoms with Gasteiger partial charge in [0.25, 0.3) is 0 Å². The molecule has 2 aromatic heterocycles. The number of nitrogens with zero attached hydrogens (tertiary/aromatic N) is 3. The maximum atomic E-state index is 13.3. The predicted molar refractivity (Wildman–Crippen MR) is 110 cm³/mol. The van der Waals surface area contributed by atoms with Gasteiger partial charge in [-0.1, -0.05) is 23.7 Å². The molecule has 0 atom stereocenters. The molecule has 2 heterocycles. The minimum absolute atomic E-state index is 0.0891. The summed E-state index contributed by atoms with van der Waals surface area (Å²) in [6.07, 6.45) is 3.36. The fourth-order valence-electron chi connectivity index (χ4n) is 3.04. The summed E-state index contributed by atoms with van der Waals surface area (Å²) in [6.45, 7) is 0.474. The number of sulfonamides is 1. The lowest BCUT2D eigenvalue weighted by Gasteiger charge is -2.11. The van der Waals surface area contributed by atoms with Crippen LogP contribution in [0.1, 0.15) is 0 Å². The normalized spacial score (nSPS) is 11.8. The summed E-state index contributed by atoms with van der Waals surface area (Å²) in [7, 11) is -3.83. The van der Waals surface area contributed by atoms with E-state index < -0.39 is 15.8 Å². The van der Waals surface area contributed by atoms with Gasteiger partial charge in [-0.15, -0.1) is 0 Å². The van der Waals surface area contributed by atoms with Gasteiger partial charge in [0.2, 0.25) is 10.0 Å². The SMILES string of the molecule is O=S(=O)(NCCn1c(-c2ccncc2)nc2ccccc21)c1ccc(F)c(Cl)c1. The Morgan fingerprint density at radius 2 is 1.83 bits per heavy atom. The molecule has 0 unspecified atom stereocenters. The van der Waals surface area contributed by atoms with E-state index in [1.807, 2.05) is 41.0 Å². The van der Waals surface area contributed by atoms with E-state index in [0.29, 0.717) is 6.54 Å². The Hall–Kier alpha value is -2.81. The second-order valence-electron chi connectivity index (χ2n) is 6.29. The van der Waals surface area contributed by atoms with E-state index in [1.165, 1.54) is 6.07 Å². The smallest absolute Gasteiger partial charge is 0.240 e. The van der Waals surface area contributed by atoms with Crippen molar-refractivity contribution in [2.24, 2.45) is 0 Å². The zero-order valence-electron chi connectivity index (χ0n) is 15.1. The number of rotatable bonds is 6. The molecule has 4 aromatic rings. The van der Waals surface area contributed by atoms with Crippen LogP contribution in [0.2, 0.25) is 5.02 Å². The van der Waals surface area contributed by atoms with Gasteiger partial charge in [0, 0.05) is 31.0 Å². The van der Waals surface area contributed by atoms with E-state index >= 15 is 0 Å². The Labute approximate surface area is 172 Å². The minimum atomic E-state index is -3.83. The van der Waals surface area contributed by atoms with Crippen molar-refractivity contribution in [1.82, 2.24) is 19.3 Å². The molecular weight excluding hydrogens is 415 g/mol. The highest BCUT2D eigenvalue weighted by Crippen LogP contribution is 2.24. The Morgan fingerprint density at radius 1 is 1.07 bits per heavy atom. The van der Waals surface area contributed by atoms with E-state index in [2.05, 4.69) is 14.7 Å². The first kappa shape index (κ1) is 19.5. The molecule has 0 radical (unpaired) electrons. The van der Waals surface area contributed by atoms with Crippen molar-refractivity contribution >= 4 is 32.7 Å². The lowest BCUT2D eigenvalue weighted by Crippen LogP contribution is -2.27. The number of hydrogen-bond donors (Lipinski definition) is 1. The average molecular weight is 431 g/mol. The number of imidazole rings is 1. The summed E-state index contributed by atoms with van der Waals surface area (Å²) in [4.78, 5) is 8.62. The van der Waals surface area contributed by atoms with E-state index in [0.717, 1.165) is 34.6 Å². The molecule has 0 amide bonds. The maximum Gasteiger partial charge on any atom is 0.240 e. The highest BCUT2D eigenvalue weighted by molar-refractivity contribution is 7.89. The third kappa shape index (κ3) is 4.00. The second-order valence-corrected chi connectivity index (χ2v) is 8.46. The molecule has 6 nitrogen and oxygen atoms in total. The van der Waals surface area contributed by atoms with Crippen LogP contribution in [-0.4, -0.2) is 29.5 Å². The van der Waals surface area contributed by atoms with Crippen LogP contribution >= 0.6 is 11.6 Å². The van der Waals surface area contributed by atoms with Crippen molar-refractivity contribution in [2.75, 3.05) is 6.54 Å². The first-order chi connectivity index (χ1) is 14.0. The standard InChI is InChI=1S/C20H16ClFN4O2S/c21-16-13-15(5-6-17(16)22)29(27,28)24-11-12-26-19-4-2-1-3-18(19)25-20(26)14-7-9-23-10-8-14/h1-10,13,24H,11-12H2. The van der Waals surface area contributed by atoms with Gasteiger partial charge >= 0.3 is 0 Å². The number of fused-ring (bicyclic) bond motifs is 1. The molecule has 4 rings (SSSR count). The first-order valence-corrected chi connectivity index (χ1v) is 10.6. The summed E-state index contributed by atoms with van der Waals surface area (Å²) in [5, 5.41) is -0.242. The van der Waals surface area contributed by atoms with Gasteiger partial charge in [-0.3, -0.25) is 4.98 Å². The minimum Gasteiger partial charge on any atom is -0.323 e. The molecule has 0 aliphatic heterocycles. The fourth-order valence-corrected chi connectivity index (χ4v) is 4.33. The Balaban J connectivity index is 1.60. The maximum absolute atomic E-state index is 13.3. The van der Waals surface area contributed by atoms with Crippen LogP contribution < -0.4 is 4.72 Å². The Bertz CT molecular complexity index is 1280. The molecule has 9 heteroatoms. The van der Waals surface area contributed by atoms with E-state index in [9.17, 15) is 12.8 Å². The van der Waals surface area contributed by atoms with Crippen molar-refractivity contribution < 1.29 is 12.8 Å². The molecule has 0 bridgehead atoms. The van der Waals surface area contributed by atoms with Gasteiger partial charge in [0.05, 0.1) is 21.0 Å². The molecular formula is C20H16ClFN4O2S. The second kappa shape index (κ2) is 7.90. The summed E-state index contributed by atoms with van der Waals surface area (Å²) in [5.74, 6) is 0.0510. The molecule has 0 saturated carbocycles. The Kier molecular flexibility index (Phi) is 5.31. The van der Waals surface area contributed by atoms with E-state index in [-0.39, 0.29) is 16.5 Å². The monoisotopic (exact) mass is 430 g/mol. The van der Waals surface area contributed by atoms with Crippen molar-refractivity contribution in [3.05, 3.63) is 77.8 Å². The fraction of sp³-hybridized carbons (Fsp3) is 0.100. The number of halogens is 2. The first-order valence-electron chi connectivity index (χ1n) is 8.76. The zero-order chi connectivity index (χ0) is 20.4. The van der Waals surface area contributed by atoms with E-state index in [4.69, 9.17) is 11.6 Å². The largest absolute Gasteiger partial charge is 0.323 e. The molecule has 148 valence electrons. The lowest BCUT2D eigenvalue weighted by atomic mass is 10.2. The topological polar surface area (TPSA) is 76.9 Å². The van der Waals surface area contributed by atoms with Crippen LogP contribution in [-0.2, 0) is 16.6 Å². The van der Waals surface area contributed by atoms with Crippen molar-refractivity contribution in [3.63, 3.8) is 0 Å². The lowest BCUT2D eigenvalue weighted by molar-refractivity contribution is 0.574. The van der Waals surface area contributed by atoms with Gasteiger partial charge in [-0.25, -0.2) is 22.5 Å². The van der Waals surface area contributed by atoms with Gasteiger partial charge < -0.3 is 4.57 Å². The van der Waals surface area contributed by atoms with Crippen LogP contribution in [0.5, 0.6) is 0 Å². The highest BCUT2D eigenvalue weighted by atomic mass is 35.5. The third-order valence-corrected chi connectivity index (χ3v) is 6.17. The van der Waals surface area contributed by atoms with Crippen LogP contribution in [0.4, 0.5) is 4.39 Å². The van der Waals surface area contributed by atoms with Crippen LogP contribution in [0.15, 0.2) is 71.9 Å². The number of aromatic nitrogens is 3. The van der Waals surface area contributed by atoms with E-state index in [1.54, 1.807) is 12.4 Å². The van der Waals surface area contributed by atoms with Crippen LogP contribution in [0, 0.1) is 5.82 Å². The quantitative estimate of drug-likeness (QED) is 0.503. The number of nitrogens with one attached hydrogen (secondary N) is 1. The van der Waals surface area contributed by atoms with Crippen molar-refractivity contribution in [2.45, 2.75) is 11.4 Å². The molecule has 0 fully saturated rings. The number of benzene rings is 2. The number of pyridine rings is 1. The van der Waals surface area contributed by atoms with Crippen LogP contribution in [0.25, 0.3) is 22.4 Å². The molecule has 0 spiro atoms. The molecule has 0 saturated heterocycles. The summed E-state index contributed by atoms with van der Waals surface area (Å²) < 4.78 is 42.8. The summed E-state index contributed by atoms with van der Waals surface area (Å²) >= 11 is 5.70. The van der Waals surface area contributed by atoms with Crippen molar-refractivity contribution in [3.8, 4) is 11.4 Å². The molecule has 0 aliphatic rings. The molecule has 2 aromatic carbocycles. The predicted octanol–water partition coefficient (Wildman–Crippen LogP) is 3.87. The zero-order valence-corrected chi connectivity index (χ0v) is 16.7. The molecule has 0 aliphatic carbocycles.